The van der Waals surface area contributed by atoms with Gasteiger partial charge in [0.15, 0.2) is 0 Å². The first kappa shape index (κ1) is 6.05. The summed E-state index contributed by atoms with van der Waals surface area (Å²) >= 11 is 0. The molecule has 2 nitrogen and oxygen atoms in total. The molecule has 1 aliphatic rings. The number of likely N-dealkylation sites (N-methyl/N-ethyl adjacent to an activating group) is 1. The van der Waals surface area contributed by atoms with E-state index < -0.39 is 0 Å². The van der Waals surface area contributed by atoms with Crippen molar-refractivity contribution in [1.29, 1.82) is 0 Å². The topological polar surface area (TPSA) is 23.5 Å². The summed E-state index contributed by atoms with van der Waals surface area (Å²) < 4.78 is 0. The lowest BCUT2D eigenvalue weighted by atomic mass is 10.2. The third-order valence-corrected chi connectivity index (χ3v) is 2.03. The smallest absolute Gasteiger partial charge is 0.0704 e. The van der Waals surface area contributed by atoms with Gasteiger partial charge in [-0.2, -0.15) is 0 Å². The van der Waals surface area contributed by atoms with Gasteiger partial charge in [-0.15, -0.1) is 0 Å². The molecule has 1 heterocycles. The van der Waals surface area contributed by atoms with Crippen LogP contribution in [-0.2, 0) is 0 Å². The first-order chi connectivity index (χ1) is 3.72. The van der Waals surface area contributed by atoms with Crippen LogP contribution >= 0.6 is 0 Å². The molecule has 0 aliphatic carbocycles. The van der Waals surface area contributed by atoms with E-state index in [1.807, 2.05) is 7.05 Å². The van der Waals surface area contributed by atoms with Crippen LogP contribution in [0.2, 0.25) is 0 Å². The maximum Gasteiger partial charge on any atom is 0.0704 e. The van der Waals surface area contributed by atoms with Gasteiger partial charge in [-0.3, -0.25) is 0 Å². The fraction of sp³-hybridized carbons (Fsp3) is 1.00. The van der Waals surface area contributed by atoms with Crippen molar-refractivity contribution in [2.24, 2.45) is 0 Å². The molecule has 1 rings (SSSR count). The van der Waals surface area contributed by atoms with Crippen LogP contribution in [0.3, 0.4) is 0 Å². The van der Waals surface area contributed by atoms with Crippen LogP contribution in [0.1, 0.15) is 13.3 Å². The summed E-state index contributed by atoms with van der Waals surface area (Å²) in [6, 6.07) is 0.370. The second-order valence-corrected chi connectivity index (χ2v) is 2.58. The van der Waals surface area contributed by atoms with E-state index in [0.29, 0.717) is 6.04 Å². The Morgan fingerprint density at radius 3 is 2.38 bits per heavy atom. The molecule has 1 saturated heterocycles. The summed E-state index contributed by atoms with van der Waals surface area (Å²) in [4.78, 5) is 2.17. The standard InChI is InChI=1S/C6H13NO/c1-5-6(8)3-4-7(5)2/h5-6,8H,3-4H2,1-2H3/t5-,6-/m1/s1. The van der Waals surface area contributed by atoms with Crippen LogP contribution in [0, 0.1) is 0 Å². The van der Waals surface area contributed by atoms with Crippen LogP contribution < -0.4 is 0 Å². The van der Waals surface area contributed by atoms with Crippen LogP contribution in [-0.4, -0.2) is 35.7 Å². The minimum absolute atomic E-state index is 0.0833. The summed E-state index contributed by atoms with van der Waals surface area (Å²) in [5, 5.41) is 9.13. The van der Waals surface area contributed by atoms with Crippen LogP contribution in [0.4, 0.5) is 0 Å². The SMILES string of the molecule is C[C@@H]1[C@H](O)CCN1C. The first-order valence-corrected chi connectivity index (χ1v) is 3.10. The van der Waals surface area contributed by atoms with E-state index in [2.05, 4.69) is 11.8 Å². The van der Waals surface area contributed by atoms with Gasteiger partial charge in [0.2, 0.25) is 0 Å². The molecule has 1 aliphatic heterocycles. The minimum atomic E-state index is -0.0833. The molecule has 8 heavy (non-hydrogen) atoms. The second kappa shape index (κ2) is 2.03. The molecule has 0 radical (unpaired) electrons. The van der Waals surface area contributed by atoms with E-state index in [-0.39, 0.29) is 6.10 Å². The van der Waals surface area contributed by atoms with E-state index in [1.165, 1.54) is 0 Å². The highest BCUT2D eigenvalue weighted by atomic mass is 16.3. The summed E-state index contributed by atoms with van der Waals surface area (Å²) in [6.07, 6.45) is 0.859. The molecule has 0 bridgehead atoms. The fourth-order valence-corrected chi connectivity index (χ4v) is 1.07. The normalized spacial score (nSPS) is 40.9. The molecule has 1 N–H and O–H groups in total. The Bertz CT molecular complexity index is 74.6. The lowest BCUT2D eigenvalue weighted by molar-refractivity contribution is 0.137. The zero-order valence-electron chi connectivity index (χ0n) is 5.46. The average Bonchev–Trinajstić information content (AvgIpc) is 1.98. The monoisotopic (exact) mass is 115 g/mol. The van der Waals surface area contributed by atoms with Gasteiger partial charge >= 0.3 is 0 Å². The lowest BCUT2D eigenvalue weighted by Crippen LogP contribution is -2.28. The van der Waals surface area contributed by atoms with Gasteiger partial charge in [0.25, 0.3) is 0 Å². The summed E-state index contributed by atoms with van der Waals surface area (Å²) in [5.74, 6) is 0. The molecule has 0 saturated carbocycles. The number of nitrogens with zero attached hydrogens (tertiary/aromatic N) is 1. The molecule has 2 atom stereocenters. The molecule has 0 amide bonds. The van der Waals surface area contributed by atoms with Crippen molar-refractivity contribution in [3.05, 3.63) is 0 Å². The van der Waals surface area contributed by atoms with Crippen molar-refractivity contribution in [2.75, 3.05) is 13.6 Å². The van der Waals surface area contributed by atoms with E-state index in [4.69, 9.17) is 5.11 Å². The van der Waals surface area contributed by atoms with Gasteiger partial charge < -0.3 is 10.0 Å². The van der Waals surface area contributed by atoms with E-state index in [9.17, 15) is 0 Å². The van der Waals surface area contributed by atoms with Crippen molar-refractivity contribution in [1.82, 2.24) is 4.90 Å². The second-order valence-electron chi connectivity index (χ2n) is 2.58. The highest BCUT2D eigenvalue weighted by Gasteiger charge is 2.25. The summed E-state index contributed by atoms with van der Waals surface area (Å²) in [5.41, 5.74) is 0. The third-order valence-electron chi connectivity index (χ3n) is 2.03. The molecule has 1 fully saturated rings. The zero-order valence-corrected chi connectivity index (χ0v) is 5.46. The fourth-order valence-electron chi connectivity index (χ4n) is 1.07. The average molecular weight is 115 g/mol. The Balaban J connectivity index is 2.44. The number of rotatable bonds is 0. The van der Waals surface area contributed by atoms with Gasteiger partial charge in [0.05, 0.1) is 6.10 Å². The van der Waals surface area contributed by atoms with Gasteiger partial charge in [-0.1, -0.05) is 0 Å². The van der Waals surface area contributed by atoms with E-state index >= 15 is 0 Å². The van der Waals surface area contributed by atoms with Gasteiger partial charge in [0.1, 0.15) is 0 Å². The molecular weight excluding hydrogens is 102 g/mol. The van der Waals surface area contributed by atoms with Crippen molar-refractivity contribution in [2.45, 2.75) is 25.5 Å². The highest BCUT2D eigenvalue weighted by Crippen LogP contribution is 2.13. The molecule has 0 aromatic rings. The molecule has 0 aromatic heterocycles. The predicted molar refractivity (Wildman–Crippen MR) is 32.7 cm³/mol. The highest BCUT2D eigenvalue weighted by molar-refractivity contribution is 4.80. The molecular formula is C6H13NO. The van der Waals surface area contributed by atoms with Gasteiger partial charge in [0, 0.05) is 12.6 Å². The summed E-state index contributed by atoms with van der Waals surface area (Å²) in [7, 11) is 2.04. The maximum atomic E-state index is 9.13. The molecule has 0 aromatic carbocycles. The largest absolute Gasteiger partial charge is 0.391 e. The van der Waals surface area contributed by atoms with Crippen molar-refractivity contribution >= 4 is 0 Å². The van der Waals surface area contributed by atoms with Crippen LogP contribution in [0.5, 0.6) is 0 Å². The quantitative estimate of drug-likeness (QED) is 0.483. The van der Waals surface area contributed by atoms with E-state index in [0.717, 1.165) is 13.0 Å². The maximum absolute atomic E-state index is 9.13. The van der Waals surface area contributed by atoms with Crippen LogP contribution in [0.25, 0.3) is 0 Å². The Labute approximate surface area is 50.1 Å². The van der Waals surface area contributed by atoms with E-state index in [1.54, 1.807) is 0 Å². The Kier molecular flexibility index (Phi) is 1.54. The number of aliphatic hydroxyl groups is 1. The van der Waals surface area contributed by atoms with Crippen molar-refractivity contribution in [3.8, 4) is 0 Å². The minimum Gasteiger partial charge on any atom is -0.391 e. The predicted octanol–water partition coefficient (Wildman–Crippen LogP) is 0.0713. The van der Waals surface area contributed by atoms with Gasteiger partial charge in [-0.25, -0.2) is 0 Å². The zero-order chi connectivity index (χ0) is 6.15. The number of likely N-dealkylation sites (tertiary alicyclic amines) is 1. The Morgan fingerprint density at radius 2 is 2.25 bits per heavy atom. The number of hydrogen-bond donors (Lipinski definition) is 1. The molecule has 48 valence electrons. The molecule has 0 unspecified atom stereocenters. The first-order valence-electron chi connectivity index (χ1n) is 3.10. The van der Waals surface area contributed by atoms with Crippen molar-refractivity contribution in [3.63, 3.8) is 0 Å². The van der Waals surface area contributed by atoms with Crippen molar-refractivity contribution < 1.29 is 5.11 Å². The number of aliphatic hydroxyl groups excluding tert-OH is 1. The third kappa shape index (κ3) is 0.858. The molecule has 0 spiro atoms. The van der Waals surface area contributed by atoms with Gasteiger partial charge in [-0.05, 0) is 20.4 Å². The Hall–Kier alpha value is -0.0800. The Morgan fingerprint density at radius 1 is 1.62 bits per heavy atom. The summed E-state index contributed by atoms with van der Waals surface area (Å²) in [6.45, 7) is 3.10. The molecule has 2 heteroatoms. The lowest BCUT2D eigenvalue weighted by Gasteiger charge is -2.15. The number of hydrogen-bond acceptors (Lipinski definition) is 2. The van der Waals surface area contributed by atoms with Crippen LogP contribution in [0.15, 0.2) is 0 Å².